The average molecular weight is 455 g/mol. The maximum absolute atomic E-state index is 12.8. The molecule has 3 heterocycles. The number of hydrogen-bond donors (Lipinski definition) is 1. The number of thioether (sulfide) groups is 1. The summed E-state index contributed by atoms with van der Waals surface area (Å²) in [4.78, 5) is 13.9. The fraction of sp³-hybridized carbons (Fsp3) is 0.455. The number of aromatic nitrogens is 4. The van der Waals surface area contributed by atoms with Crippen LogP contribution < -0.4 is 5.32 Å². The van der Waals surface area contributed by atoms with Gasteiger partial charge in [0.05, 0.1) is 16.2 Å². The highest BCUT2D eigenvalue weighted by atomic mass is 32.2. The molecule has 7 nitrogen and oxygen atoms in total. The Balaban J connectivity index is 1.50. The van der Waals surface area contributed by atoms with Crippen molar-refractivity contribution in [2.45, 2.75) is 57.1 Å². The van der Waals surface area contributed by atoms with E-state index in [0.29, 0.717) is 22.6 Å². The molecule has 1 aliphatic carbocycles. The van der Waals surface area contributed by atoms with Crippen molar-refractivity contribution in [2.75, 3.05) is 11.1 Å². The molecule has 162 valence electrons. The number of carbonyl (C=O) groups is 1. The van der Waals surface area contributed by atoms with Gasteiger partial charge in [0.2, 0.25) is 5.91 Å². The molecule has 0 bridgehead atoms. The van der Waals surface area contributed by atoms with E-state index in [1.54, 1.807) is 11.3 Å². The molecule has 9 heteroatoms. The van der Waals surface area contributed by atoms with Crippen LogP contribution in [0.5, 0.6) is 0 Å². The van der Waals surface area contributed by atoms with Crippen molar-refractivity contribution in [3.05, 3.63) is 34.3 Å². The van der Waals surface area contributed by atoms with Gasteiger partial charge >= 0.3 is 0 Å². The SMILES string of the molecule is Cc1c(C#N)c(NC(=O)CSc2nnc(-c3cccs3)n2C)n(C2CCCCC2)c1C. The zero-order chi connectivity index (χ0) is 22.0. The maximum Gasteiger partial charge on any atom is 0.235 e. The fourth-order valence-electron chi connectivity index (χ4n) is 4.24. The molecular formula is C22H26N6OS2. The normalized spacial score (nSPS) is 14.5. The summed E-state index contributed by atoms with van der Waals surface area (Å²) in [5.74, 6) is 1.50. The van der Waals surface area contributed by atoms with Gasteiger partial charge in [0.15, 0.2) is 11.0 Å². The van der Waals surface area contributed by atoms with Gasteiger partial charge in [-0.25, -0.2) is 0 Å². The van der Waals surface area contributed by atoms with Crippen LogP contribution in [-0.2, 0) is 11.8 Å². The van der Waals surface area contributed by atoms with Crippen molar-refractivity contribution >= 4 is 34.8 Å². The van der Waals surface area contributed by atoms with Crippen LogP contribution >= 0.6 is 23.1 Å². The van der Waals surface area contributed by atoms with E-state index in [0.717, 1.165) is 34.8 Å². The van der Waals surface area contributed by atoms with Gasteiger partial charge in [0.1, 0.15) is 11.9 Å². The maximum atomic E-state index is 12.8. The lowest BCUT2D eigenvalue weighted by Crippen LogP contribution is -2.22. The highest BCUT2D eigenvalue weighted by Crippen LogP contribution is 2.37. The molecule has 0 saturated heterocycles. The Labute approximate surface area is 190 Å². The van der Waals surface area contributed by atoms with E-state index in [1.807, 2.05) is 43.0 Å². The Kier molecular flexibility index (Phi) is 6.49. The van der Waals surface area contributed by atoms with Gasteiger partial charge in [-0.05, 0) is 43.7 Å². The Hall–Kier alpha value is -2.57. The minimum Gasteiger partial charge on any atom is -0.327 e. The van der Waals surface area contributed by atoms with E-state index in [2.05, 4.69) is 26.2 Å². The first-order chi connectivity index (χ1) is 15.0. The summed E-state index contributed by atoms with van der Waals surface area (Å²) in [7, 11) is 1.91. The summed E-state index contributed by atoms with van der Waals surface area (Å²) < 4.78 is 4.09. The summed E-state index contributed by atoms with van der Waals surface area (Å²) in [6.45, 7) is 4.00. The summed E-state index contributed by atoms with van der Waals surface area (Å²) >= 11 is 2.96. The van der Waals surface area contributed by atoms with Crippen molar-refractivity contribution in [2.24, 2.45) is 7.05 Å². The van der Waals surface area contributed by atoms with Crippen LogP contribution in [0.2, 0.25) is 0 Å². The van der Waals surface area contributed by atoms with Gasteiger partial charge in [-0.1, -0.05) is 37.1 Å². The minimum absolute atomic E-state index is 0.142. The molecule has 4 rings (SSSR count). The topological polar surface area (TPSA) is 88.5 Å². The van der Waals surface area contributed by atoms with Gasteiger partial charge in [-0.2, -0.15) is 5.26 Å². The molecule has 1 saturated carbocycles. The lowest BCUT2D eigenvalue weighted by Gasteiger charge is -2.27. The van der Waals surface area contributed by atoms with Crippen LogP contribution in [0.15, 0.2) is 22.7 Å². The second-order valence-corrected chi connectivity index (χ2v) is 9.78. The van der Waals surface area contributed by atoms with Crippen molar-refractivity contribution in [3.8, 4) is 16.8 Å². The van der Waals surface area contributed by atoms with Crippen LogP contribution in [0, 0.1) is 25.2 Å². The van der Waals surface area contributed by atoms with Crippen molar-refractivity contribution in [3.63, 3.8) is 0 Å². The minimum atomic E-state index is -0.142. The van der Waals surface area contributed by atoms with Crippen LogP contribution in [0.25, 0.3) is 10.7 Å². The third kappa shape index (κ3) is 4.27. The van der Waals surface area contributed by atoms with Crippen LogP contribution in [0.3, 0.4) is 0 Å². The molecule has 0 unspecified atom stereocenters. The third-order valence-corrected chi connectivity index (χ3v) is 7.86. The molecule has 0 aliphatic heterocycles. The van der Waals surface area contributed by atoms with E-state index >= 15 is 0 Å². The second-order valence-electron chi connectivity index (χ2n) is 7.89. The van der Waals surface area contributed by atoms with E-state index < -0.39 is 0 Å². The van der Waals surface area contributed by atoms with Gasteiger partial charge in [0, 0.05) is 18.8 Å². The van der Waals surface area contributed by atoms with E-state index in [-0.39, 0.29) is 11.7 Å². The zero-order valence-corrected chi connectivity index (χ0v) is 19.6. The average Bonchev–Trinajstić information content (AvgIpc) is 3.47. The molecule has 1 amide bonds. The molecule has 0 atom stereocenters. The largest absolute Gasteiger partial charge is 0.327 e. The predicted octanol–water partition coefficient (Wildman–Crippen LogP) is 5.07. The van der Waals surface area contributed by atoms with Gasteiger partial charge < -0.3 is 14.5 Å². The molecule has 0 spiro atoms. The number of hydrogen-bond acceptors (Lipinski definition) is 6. The van der Waals surface area contributed by atoms with Crippen molar-refractivity contribution < 1.29 is 4.79 Å². The number of nitrogens with one attached hydrogen (secondary N) is 1. The third-order valence-electron chi connectivity index (χ3n) is 5.98. The van der Waals surface area contributed by atoms with Gasteiger partial charge in [0.25, 0.3) is 0 Å². The number of thiophene rings is 1. The Morgan fingerprint density at radius 1 is 1.32 bits per heavy atom. The quantitative estimate of drug-likeness (QED) is 0.525. The van der Waals surface area contributed by atoms with E-state index in [1.165, 1.54) is 31.0 Å². The van der Waals surface area contributed by atoms with E-state index in [4.69, 9.17) is 0 Å². The second kappa shape index (κ2) is 9.28. The first-order valence-corrected chi connectivity index (χ1v) is 12.3. The van der Waals surface area contributed by atoms with Gasteiger partial charge in [-0.3, -0.25) is 4.79 Å². The van der Waals surface area contributed by atoms with Crippen LogP contribution in [0.1, 0.15) is 55.0 Å². The van der Waals surface area contributed by atoms with Gasteiger partial charge in [-0.15, -0.1) is 21.5 Å². The molecule has 0 radical (unpaired) electrons. The molecule has 1 fully saturated rings. The molecular weight excluding hydrogens is 428 g/mol. The number of nitriles is 1. The monoisotopic (exact) mass is 454 g/mol. The Bertz CT molecular complexity index is 1120. The predicted molar refractivity (Wildman–Crippen MR) is 124 cm³/mol. The Morgan fingerprint density at radius 3 is 2.77 bits per heavy atom. The summed E-state index contributed by atoms with van der Waals surface area (Å²) in [6, 6.07) is 6.62. The zero-order valence-electron chi connectivity index (χ0n) is 18.0. The molecule has 1 aliphatic rings. The first kappa shape index (κ1) is 21.7. The number of rotatable bonds is 6. The van der Waals surface area contributed by atoms with Crippen LogP contribution in [0.4, 0.5) is 5.82 Å². The Morgan fingerprint density at radius 2 is 2.10 bits per heavy atom. The van der Waals surface area contributed by atoms with Crippen molar-refractivity contribution in [1.29, 1.82) is 5.26 Å². The summed E-state index contributed by atoms with van der Waals surface area (Å²) in [5.41, 5.74) is 2.59. The van der Waals surface area contributed by atoms with Crippen molar-refractivity contribution in [1.82, 2.24) is 19.3 Å². The molecule has 3 aromatic heterocycles. The lowest BCUT2D eigenvalue weighted by atomic mass is 9.95. The number of carbonyl (C=O) groups excluding carboxylic acids is 1. The summed E-state index contributed by atoms with van der Waals surface area (Å²) in [6.07, 6.45) is 5.80. The lowest BCUT2D eigenvalue weighted by molar-refractivity contribution is -0.113. The van der Waals surface area contributed by atoms with E-state index in [9.17, 15) is 10.1 Å². The first-order valence-electron chi connectivity index (χ1n) is 10.5. The molecule has 0 aromatic carbocycles. The number of nitrogens with zero attached hydrogens (tertiary/aromatic N) is 5. The summed E-state index contributed by atoms with van der Waals surface area (Å²) in [5, 5.41) is 24.0. The number of anilines is 1. The van der Waals surface area contributed by atoms with Crippen LogP contribution in [-0.4, -0.2) is 31.0 Å². The molecule has 1 N–H and O–H groups in total. The smallest absolute Gasteiger partial charge is 0.235 e. The standard InChI is InChI=1S/C22H26N6OS2/c1-14-15(2)28(16-8-5-4-6-9-16)20(17(14)12-23)24-19(29)13-31-22-26-25-21(27(22)3)18-10-7-11-30-18/h7,10-11,16H,4-6,8-9,13H2,1-3H3,(H,24,29). The highest BCUT2D eigenvalue weighted by Gasteiger charge is 2.26. The highest BCUT2D eigenvalue weighted by molar-refractivity contribution is 7.99. The fourth-order valence-corrected chi connectivity index (χ4v) is 5.70. The molecule has 3 aromatic rings. The number of amides is 1. The molecule has 31 heavy (non-hydrogen) atoms.